The molecule has 0 bridgehead atoms. The van der Waals surface area contributed by atoms with Gasteiger partial charge in [0.15, 0.2) is 0 Å². The molecule has 2 aliphatic heterocycles. The van der Waals surface area contributed by atoms with Gasteiger partial charge in [-0.05, 0) is 38.1 Å². The van der Waals surface area contributed by atoms with Gasteiger partial charge in [-0.3, -0.25) is 9.59 Å². The number of carbonyl (C=O) groups is 2. The molecule has 27 heavy (non-hydrogen) atoms. The lowest BCUT2D eigenvalue weighted by Crippen LogP contribution is -2.44. The number of hydrogen-bond donors (Lipinski definition) is 0. The second kappa shape index (κ2) is 7.11. The third kappa shape index (κ3) is 3.65. The topological polar surface area (TPSA) is 66.7 Å². The first kappa shape index (κ1) is 18.2. The molecule has 0 radical (unpaired) electrons. The Kier molecular flexibility index (Phi) is 4.80. The molecule has 2 aliphatic rings. The number of thiophene rings is 1. The van der Waals surface area contributed by atoms with Crippen LogP contribution in [0.5, 0.6) is 0 Å². The van der Waals surface area contributed by atoms with Crippen molar-refractivity contribution >= 4 is 23.2 Å². The van der Waals surface area contributed by atoms with Gasteiger partial charge in [0.25, 0.3) is 0 Å². The summed E-state index contributed by atoms with van der Waals surface area (Å²) < 4.78 is 5.23. The van der Waals surface area contributed by atoms with Crippen molar-refractivity contribution in [1.29, 1.82) is 0 Å². The summed E-state index contributed by atoms with van der Waals surface area (Å²) in [5, 5.41) is 6.00. The van der Waals surface area contributed by atoms with Gasteiger partial charge < -0.3 is 14.3 Å². The largest absolute Gasteiger partial charge is 0.361 e. The van der Waals surface area contributed by atoms with E-state index in [1.165, 1.54) is 0 Å². The summed E-state index contributed by atoms with van der Waals surface area (Å²) in [5.41, 5.74) is 1.88. The van der Waals surface area contributed by atoms with Gasteiger partial charge in [-0.25, -0.2) is 0 Å². The van der Waals surface area contributed by atoms with Crippen LogP contribution in [-0.2, 0) is 22.6 Å². The van der Waals surface area contributed by atoms with Gasteiger partial charge in [0.2, 0.25) is 11.8 Å². The van der Waals surface area contributed by atoms with Gasteiger partial charge in [-0.15, -0.1) is 11.3 Å². The number of piperidine rings is 1. The van der Waals surface area contributed by atoms with Crippen molar-refractivity contribution in [2.45, 2.75) is 46.1 Å². The molecule has 0 atom stereocenters. The number of hydrogen-bond acceptors (Lipinski definition) is 5. The molecule has 7 heteroatoms. The lowest BCUT2D eigenvalue weighted by molar-refractivity contribution is -0.132. The smallest absolute Gasteiger partial charge is 0.227 e. The van der Waals surface area contributed by atoms with E-state index in [2.05, 4.69) is 5.16 Å². The average molecular weight is 388 g/mol. The van der Waals surface area contributed by atoms with Crippen molar-refractivity contribution in [2.75, 3.05) is 19.6 Å². The number of aromatic nitrogens is 1. The standard InChI is InChI=1S/C20H25N3O3S/c1-14-17(15(2)26-21-14)12-23-13-20(11-19(23)25)5-7-22(8-6-20)18(24)10-16-4-3-9-27-16/h3-4,9H,5-8,10-13H2,1-2H3. The predicted octanol–water partition coefficient (Wildman–Crippen LogP) is 2.94. The molecule has 0 unspecified atom stereocenters. The van der Waals surface area contributed by atoms with Crippen molar-refractivity contribution in [3.05, 3.63) is 39.4 Å². The van der Waals surface area contributed by atoms with Crippen LogP contribution in [0.3, 0.4) is 0 Å². The molecule has 0 aliphatic carbocycles. The van der Waals surface area contributed by atoms with Crippen LogP contribution in [0, 0.1) is 19.3 Å². The fourth-order valence-corrected chi connectivity index (χ4v) is 4.98. The van der Waals surface area contributed by atoms with E-state index in [1.54, 1.807) is 11.3 Å². The van der Waals surface area contributed by atoms with Gasteiger partial charge in [-0.2, -0.15) is 0 Å². The molecular formula is C20H25N3O3S. The molecule has 0 N–H and O–H groups in total. The highest BCUT2D eigenvalue weighted by Gasteiger charge is 2.45. The highest BCUT2D eigenvalue weighted by atomic mass is 32.1. The molecule has 0 saturated carbocycles. The van der Waals surface area contributed by atoms with Crippen LogP contribution in [-0.4, -0.2) is 46.4 Å². The number of nitrogens with zero attached hydrogens (tertiary/aromatic N) is 3. The van der Waals surface area contributed by atoms with Gasteiger partial charge >= 0.3 is 0 Å². The van der Waals surface area contributed by atoms with Crippen LogP contribution >= 0.6 is 11.3 Å². The maximum Gasteiger partial charge on any atom is 0.227 e. The van der Waals surface area contributed by atoms with E-state index in [-0.39, 0.29) is 17.2 Å². The Morgan fingerprint density at radius 3 is 2.74 bits per heavy atom. The van der Waals surface area contributed by atoms with Gasteiger partial charge in [0.1, 0.15) is 5.76 Å². The van der Waals surface area contributed by atoms with E-state index >= 15 is 0 Å². The van der Waals surface area contributed by atoms with E-state index in [1.807, 2.05) is 41.2 Å². The average Bonchev–Trinajstić information content (AvgIpc) is 3.33. The molecule has 2 fully saturated rings. The monoisotopic (exact) mass is 387 g/mol. The number of likely N-dealkylation sites (tertiary alicyclic amines) is 2. The summed E-state index contributed by atoms with van der Waals surface area (Å²) in [7, 11) is 0. The van der Waals surface area contributed by atoms with Crippen LogP contribution in [0.4, 0.5) is 0 Å². The third-order valence-electron chi connectivity index (χ3n) is 6.02. The second-order valence-corrected chi connectivity index (χ2v) is 8.90. The van der Waals surface area contributed by atoms with Gasteiger partial charge in [0.05, 0.1) is 18.7 Å². The fourth-order valence-electron chi connectivity index (χ4n) is 4.28. The van der Waals surface area contributed by atoms with Gasteiger partial charge in [0, 0.05) is 41.9 Å². The Balaban J connectivity index is 1.36. The molecule has 6 nitrogen and oxygen atoms in total. The quantitative estimate of drug-likeness (QED) is 0.809. The van der Waals surface area contributed by atoms with Crippen molar-refractivity contribution in [2.24, 2.45) is 5.41 Å². The first-order valence-corrected chi connectivity index (χ1v) is 10.3. The maximum absolute atomic E-state index is 12.6. The predicted molar refractivity (Wildman–Crippen MR) is 102 cm³/mol. The third-order valence-corrected chi connectivity index (χ3v) is 6.89. The maximum atomic E-state index is 12.6. The minimum Gasteiger partial charge on any atom is -0.361 e. The van der Waals surface area contributed by atoms with Crippen LogP contribution in [0.25, 0.3) is 0 Å². The Hall–Kier alpha value is -2.15. The van der Waals surface area contributed by atoms with Gasteiger partial charge in [-0.1, -0.05) is 11.2 Å². The van der Waals surface area contributed by atoms with Crippen molar-refractivity contribution in [3.8, 4) is 0 Å². The number of aryl methyl sites for hydroxylation is 2. The van der Waals surface area contributed by atoms with Crippen LogP contribution in [0.15, 0.2) is 22.0 Å². The van der Waals surface area contributed by atoms with Crippen LogP contribution in [0.2, 0.25) is 0 Å². The zero-order valence-corrected chi connectivity index (χ0v) is 16.7. The Morgan fingerprint density at radius 2 is 2.11 bits per heavy atom. The summed E-state index contributed by atoms with van der Waals surface area (Å²) in [4.78, 5) is 30.2. The van der Waals surface area contributed by atoms with E-state index in [0.717, 1.165) is 54.4 Å². The molecule has 4 rings (SSSR count). The van der Waals surface area contributed by atoms with Crippen molar-refractivity contribution in [3.63, 3.8) is 0 Å². The highest BCUT2D eigenvalue weighted by molar-refractivity contribution is 7.10. The summed E-state index contributed by atoms with van der Waals surface area (Å²) in [5.74, 6) is 1.19. The minimum atomic E-state index is 0.00969. The Labute approximate surface area is 163 Å². The number of carbonyl (C=O) groups excluding carboxylic acids is 2. The summed E-state index contributed by atoms with van der Waals surface area (Å²) in [6, 6.07) is 3.99. The molecule has 2 aromatic heterocycles. The zero-order valence-electron chi connectivity index (χ0n) is 15.9. The second-order valence-electron chi connectivity index (χ2n) is 7.87. The molecule has 0 aromatic carbocycles. The zero-order chi connectivity index (χ0) is 19.0. The SMILES string of the molecule is Cc1noc(C)c1CN1CC2(CCN(C(=O)Cc3cccs3)CC2)CC1=O. The number of amides is 2. The van der Waals surface area contributed by atoms with E-state index in [0.29, 0.717) is 19.4 Å². The normalized spacial score (nSPS) is 19.3. The Morgan fingerprint density at radius 1 is 1.33 bits per heavy atom. The molecule has 1 spiro atoms. The molecule has 144 valence electrons. The first-order valence-electron chi connectivity index (χ1n) is 9.45. The molecular weight excluding hydrogens is 362 g/mol. The highest BCUT2D eigenvalue weighted by Crippen LogP contribution is 2.41. The first-order chi connectivity index (χ1) is 13.0. The lowest BCUT2D eigenvalue weighted by Gasteiger charge is -2.38. The van der Waals surface area contributed by atoms with E-state index in [9.17, 15) is 9.59 Å². The summed E-state index contributed by atoms with van der Waals surface area (Å²) >= 11 is 1.63. The molecule has 2 amide bonds. The molecule has 2 aromatic rings. The Bertz CT molecular complexity index is 815. The van der Waals surface area contributed by atoms with E-state index < -0.39 is 0 Å². The molecule has 2 saturated heterocycles. The summed E-state index contributed by atoms with van der Waals surface area (Å²) in [6.45, 7) is 6.64. The van der Waals surface area contributed by atoms with Crippen molar-refractivity contribution in [1.82, 2.24) is 15.0 Å². The lowest BCUT2D eigenvalue weighted by atomic mass is 9.77. The number of rotatable bonds is 4. The summed E-state index contributed by atoms with van der Waals surface area (Å²) in [6.07, 6.45) is 2.87. The van der Waals surface area contributed by atoms with E-state index in [4.69, 9.17) is 4.52 Å². The minimum absolute atomic E-state index is 0.00969. The fraction of sp³-hybridized carbons (Fsp3) is 0.550. The van der Waals surface area contributed by atoms with Crippen LogP contribution < -0.4 is 0 Å². The van der Waals surface area contributed by atoms with Crippen molar-refractivity contribution < 1.29 is 14.1 Å². The molecule has 4 heterocycles. The van der Waals surface area contributed by atoms with Crippen LogP contribution in [0.1, 0.15) is 41.2 Å².